The Morgan fingerprint density at radius 3 is 2.25 bits per heavy atom. The molecule has 0 unspecified atom stereocenters. The smallest absolute Gasteiger partial charge is 0.308 e. The van der Waals surface area contributed by atoms with Crippen LogP contribution in [-0.4, -0.2) is 42.8 Å². The van der Waals surface area contributed by atoms with Gasteiger partial charge in [-0.2, -0.15) is 0 Å². The summed E-state index contributed by atoms with van der Waals surface area (Å²) < 4.78 is 4.74. The summed E-state index contributed by atoms with van der Waals surface area (Å²) in [5.74, 6) is -0.335. The van der Waals surface area contributed by atoms with Gasteiger partial charge in [0.15, 0.2) is 5.78 Å². The summed E-state index contributed by atoms with van der Waals surface area (Å²) in [7, 11) is 1.39. The van der Waals surface area contributed by atoms with E-state index in [1.807, 2.05) is 24.3 Å². The SMILES string of the molecule is CCc1ccc(C(=O)CCC(=O)N2CCC(C(=O)OC)CC2)cc1. The summed E-state index contributed by atoms with van der Waals surface area (Å²) in [6.07, 6.45) is 2.64. The normalized spacial score (nSPS) is 15.2. The number of piperidine rings is 1. The molecule has 0 N–H and O–H groups in total. The van der Waals surface area contributed by atoms with Crippen LogP contribution in [0.4, 0.5) is 0 Å². The van der Waals surface area contributed by atoms with Crippen molar-refractivity contribution in [3.63, 3.8) is 0 Å². The van der Waals surface area contributed by atoms with Crippen molar-refractivity contribution in [3.8, 4) is 0 Å². The van der Waals surface area contributed by atoms with Gasteiger partial charge in [0, 0.05) is 31.5 Å². The van der Waals surface area contributed by atoms with E-state index < -0.39 is 0 Å². The van der Waals surface area contributed by atoms with Gasteiger partial charge in [-0.3, -0.25) is 14.4 Å². The quantitative estimate of drug-likeness (QED) is 0.594. The number of hydrogen-bond donors (Lipinski definition) is 0. The Balaban J connectivity index is 1.78. The molecule has 0 aliphatic carbocycles. The molecule has 5 nitrogen and oxygen atoms in total. The Morgan fingerprint density at radius 1 is 1.08 bits per heavy atom. The van der Waals surface area contributed by atoms with Crippen molar-refractivity contribution < 1.29 is 19.1 Å². The highest BCUT2D eigenvalue weighted by Crippen LogP contribution is 2.19. The van der Waals surface area contributed by atoms with Crippen molar-refractivity contribution in [3.05, 3.63) is 35.4 Å². The molecule has 1 aromatic carbocycles. The highest BCUT2D eigenvalue weighted by molar-refractivity contribution is 5.98. The van der Waals surface area contributed by atoms with E-state index in [-0.39, 0.29) is 36.4 Å². The van der Waals surface area contributed by atoms with Crippen LogP contribution in [0, 0.1) is 5.92 Å². The van der Waals surface area contributed by atoms with Gasteiger partial charge in [0.05, 0.1) is 13.0 Å². The number of amides is 1. The number of aryl methyl sites for hydroxylation is 1. The zero-order valence-electron chi connectivity index (χ0n) is 14.4. The van der Waals surface area contributed by atoms with Crippen molar-refractivity contribution in [1.82, 2.24) is 4.90 Å². The van der Waals surface area contributed by atoms with E-state index >= 15 is 0 Å². The number of ketones is 1. The van der Waals surface area contributed by atoms with E-state index in [9.17, 15) is 14.4 Å². The van der Waals surface area contributed by atoms with Gasteiger partial charge in [0.25, 0.3) is 0 Å². The van der Waals surface area contributed by atoms with Crippen LogP contribution in [0.2, 0.25) is 0 Å². The molecule has 24 heavy (non-hydrogen) atoms. The van der Waals surface area contributed by atoms with Crippen molar-refractivity contribution in [2.24, 2.45) is 5.92 Å². The van der Waals surface area contributed by atoms with Gasteiger partial charge in [-0.05, 0) is 24.8 Å². The van der Waals surface area contributed by atoms with Gasteiger partial charge in [0.2, 0.25) is 5.91 Å². The summed E-state index contributed by atoms with van der Waals surface area (Å²) in [4.78, 5) is 37.7. The molecule has 1 amide bonds. The molecule has 1 fully saturated rings. The average molecular weight is 331 g/mol. The van der Waals surface area contributed by atoms with Gasteiger partial charge in [-0.1, -0.05) is 31.2 Å². The third kappa shape index (κ3) is 4.66. The highest BCUT2D eigenvalue weighted by Gasteiger charge is 2.27. The third-order valence-electron chi connectivity index (χ3n) is 4.63. The number of benzene rings is 1. The lowest BCUT2D eigenvalue weighted by Crippen LogP contribution is -2.40. The van der Waals surface area contributed by atoms with Gasteiger partial charge in [-0.25, -0.2) is 0 Å². The van der Waals surface area contributed by atoms with Crippen LogP contribution in [-0.2, 0) is 20.7 Å². The largest absolute Gasteiger partial charge is 0.469 e. The van der Waals surface area contributed by atoms with E-state index in [1.165, 1.54) is 12.7 Å². The Kier molecular flexibility index (Phi) is 6.53. The van der Waals surface area contributed by atoms with Gasteiger partial charge >= 0.3 is 5.97 Å². The fourth-order valence-electron chi connectivity index (χ4n) is 2.98. The van der Waals surface area contributed by atoms with Crippen molar-refractivity contribution in [2.45, 2.75) is 39.0 Å². The lowest BCUT2D eigenvalue weighted by atomic mass is 9.96. The highest BCUT2D eigenvalue weighted by atomic mass is 16.5. The van der Waals surface area contributed by atoms with E-state index in [0.29, 0.717) is 31.5 Å². The molecule has 2 rings (SSSR count). The zero-order valence-corrected chi connectivity index (χ0v) is 14.4. The summed E-state index contributed by atoms with van der Waals surface area (Å²) in [5.41, 5.74) is 1.85. The number of esters is 1. The number of rotatable bonds is 6. The third-order valence-corrected chi connectivity index (χ3v) is 4.63. The van der Waals surface area contributed by atoms with E-state index in [0.717, 1.165) is 6.42 Å². The monoisotopic (exact) mass is 331 g/mol. The topological polar surface area (TPSA) is 63.7 Å². The molecule has 0 radical (unpaired) electrons. The Hall–Kier alpha value is -2.17. The first kappa shape index (κ1) is 18.2. The molecule has 0 atom stereocenters. The summed E-state index contributed by atoms with van der Waals surface area (Å²) in [6, 6.07) is 7.56. The molecule has 130 valence electrons. The van der Waals surface area contributed by atoms with Crippen molar-refractivity contribution in [2.75, 3.05) is 20.2 Å². The molecule has 1 aliphatic rings. The van der Waals surface area contributed by atoms with Gasteiger partial charge < -0.3 is 9.64 Å². The fraction of sp³-hybridized carbons (Fsp3) is 0.526. The van der Waals surface area contributed by atoms with Crippen LogP contribution in [0.3, 0.4) is 0 Å². The number of methoxy groups -OCH3 is 1. The van der Waals surface area contributed by atoms with Crippen molar-refractivity contribution in [1.29, 1.82) is 0 Å². The Bertz CT molecular complexity index is 586. The molecule has 0 aromatic heterocycles. The van der Waals surface area contributed by atoms with Gasteiger partial charge in [-0.15, -0.1) is 0 Å². The first-order valence-electron chi connectivity index (χ1n) is 8.53. The van der Waals surface area contributed by atoms with Crippen LogP contribution in [0.25, 0.3) is 0 Å². The Labute approximate surface area is 143 Å². The molecule has 1 saturated heterocycles. The number of likely N-dealkylation sites (tertiary alicyclic amines) is 1. The molecular weight excluding hydrogens is 306 g/mol. The molecule has 5 heteroatoms. The first-order chi connectivity index (χ1) is 11.5. The van der Waals surface area contributed by atoms with Crippen LogP contribution < -0.4 is 0 Å². The molecule has 1 heterocycles. The van der Waals surface area contributed by atoms with Crippen LogP contribution in [0.5, 0.6) is 0 Å². The minimum atomic E-state index is -0.201. The number of ether oxygens (including phenoxy) is 1. The number of carbonyl (C=O) groups is 3. The second-order valence-electron chi connectivity index (χ2n) is 6.15. The van der Waals surface area contributed by atoms with E-state index in [2.05, 4.69) is 6.92 Å². The van der Waals surface area contributed by atoms with Crippen LogP contribution in [0.1, 0.15) is 48.5 Å². The molecule has 1 aliphatic heterocycles. The number of nitrogens with zero attached hydrogens (tertiary/aromatic N) is 1. The lowest BCUT2D eigenvalue weighted by Gasteiger charge is -2.30. The maximum Gasteiger partial charge on any atom is 0.308 e. The molecule has 0 bridgehead atoms. The van der Waals surface area contributed by atoms with E-state index in [1.54, 1.807) is 4.90 Å². The summed E-state index contributed by atoms with van der Waals surface area (Å²) in [5, 5.41) is 0. The molecular formula is C19H25NO4. The van der Waals surface area contributed by atoms with Crippen LogP contribution in [0.15, 0.2) is 24.3 Å². The molecule has 1 aromatic rings. The van der Waals surface area contributed by atoms with Gasteiger partial charge in [0.1, 0.15) is 0 Å². The maximum absolute atomic E-state index is 12.2. The first-order valence-corrected chi connectivity index (χ1v) is 8.53. The minimum absolute atomic E-state index is 0.00421. The number of hydrogen-bond acceptors (Lipinski definition) is 4. The predicted octanol–water partition coefficient (Wildman–Crippen LogP) is 2.62. The van der Waals surface area contributed by atoms with Crippen LogP contribution >= 0.6 is 0 Å². The number of carbonyl (C=O) groups excluding carboxylic acids is 3. The average Bonchev–Trinajstić information content (AvgIpc) is 2.65. The fourth-order valence-corrected chi connectivity index (χ4v) is 2.98. The second-order valence-corrected chi connectivity index (χ2v) is 6.15. The minimum Gasteiger partial charge on any atom is -0.469 e. The summed E-state index contributed by atoms with van der Waals surface area (Å²) >= 11 is 0. The van der Waals surface area contributed by atoms with E-state index in [4.69, 9.17) is 4.74 Å². The second kappa shape index (κ2) is 8.62. The van der Waals surface area contributed by atoms with Crippen molar-refractivity contribution >= 4 is 17.7 Å². The maximum atomic E-state index is 12.2. The predicted molar refractivity (Wildman–Crippen MR) is 90.7 cm³/mol. The number of Topliss-reactive ketones (excluding diaryl/α,β-unsaturated/α-hetero) is 1. The molecule has 0 spiro atoms. The summed E-state index contributed by atoms with van der Waals surface area (Å²) in [6.45, 7) is 3.18. The molecule has 0 saturated carbocycles. The lowest BCUT2D eigenvalue weighted by molar-refractivity contribution is -0.148. The Morgan fingerprint density at radius 2 is 1.71 bits per heavy atom. The standard InChI is InChI=1S/C19H25NO4/c1-3-14-4-6-15(7-5-14)17(21)8-9-18(22)20-12-10-16(11-13-20)19(23)24-2/h4-7,16H,3,8-13H2,1-2H3. The zero-order chi connectivity index (χ0) is 17.5.